The summed E-state index contributed by atoms with van der Waals surface area (Å²) in [6.45, 7) is 0.259. The quantitative estimate of drug-likeness (QED) is 0.0368. The smallest absolute Gasteiger partial charge is 0.303 e. The summed E-state index contributed by atoms with van der Waals surface area (Å²) in [5.74, 6) is -10.7. The van der Waals surface area contributed by atoms with Crippen molar-refractivity contribution in [2.45, 2.75) is 139 Å². The van der Waals surface area contributed by atoms with E-state index in [0.29, 0.717) is 45.1 Å². The number of amides is 8. The van der Waals surface area contributed by atoms with Crippen LogP contribution in [-0.2, 0) is 52.7 Å². The molecule has 3 aliphatic rings. The first kappa shape index (κ1) is 52.6. The summed E-state index contributed by atoms with van der Waals surface area (Å²) >= 11 is 0. The molecule has 0 saturated carbocycles. The number of carboxylic acids is 2. The summed E-state index contributed by atoms with van der Waals surface area (Å²) in [5, 5.41) is 48.4. The third-order valence-electron chi connectivity index (χ3n) is 11.6. The summed E-state index contributed by atoms with van der Waals surface area (Å²) in [6, 6.07) is -8.69. The minimum Gasteiger partial charge on any atom is -0.481 e. The van der Waals surface area contributed by atoms with Crippen LogP contribution in [0.3, 0.4) is 0 Å². The van der Waals surface area contributed by atoms with Gasteiger partial charge in [-0.2, -0.15) is 0 Å². The van der Waals surface area contributed by atoms with Gasteiger partial charge in [0.2, 0.25) is 47.3 Å². The van der Waals surface area contributed by atoms with Crippen molar-refractivity contribution >= 4 is 65.0 Å². The number of hydrogen-bond donors (Lipinski definition) is 10. The van der Waals surface area contributed by atoms with Gasteiger partial charge < -0.3 is 67.9 Å². The molecule has 0 spiro atoms. The van der Waals surface area contributed by atoms with E-state index >= 15 is 0 Å². The molecule has 3 fully saturated rings. The molecule has 0 aliphatic carbocycles. The van der Waals surface area contributed by atoms with Gasteiger partial charge in [-0.05, 0) is 77.2 Å². The van der Waals surface area contributed by atoms with Crippen LogP contribution < -0.4 is 32.7 Å². The Hall–Kier alpha value is -5.75. The first-order valence-electron chi connectivity index (χ1n) is 21.6. The molecular weight excluding hydrogens is 846 g/mol. The lowest BCUT2D eigenvalue weighted by Gasteiger charge is -2.33. The van der Waals surface area contributed by atoms with Crippen LogP contribution in [-0.4, -0.2) is 182 Å². The maximum Gasteiger partial charge on any atom is 0.303 e. The van der Waals surface area contributed by atoms with Crippen LogP contribution in [0, 0.1) is 5.92 Å². The summed E-state index contributed by atoms with van der Waals surface area (Å²) in [6.07, 6.45) is 0.763. The highest BCUT2D eigenvalue weighted by Gasteiger charge is 2.45. The molecule has 64 heavy (non-hydrogen) atoms. The van der Waals surface area contributed by atoms with Crippen LogP contribution >= 0.6 is 0 Å². The number of hydrogen-bond acceptors (Lipinski definition) is 14. The lowest BCUT2D eigenvalue weighted by molar-refractivity contribution is -0.149. The van der Waals surface area contributed by atoms with Crippen LogP contribution in [0.5, 0.6) is 0 Å². The number of carbonyl (C=O) groups excluding carboxylic acids is 9. The van der Waals surface area contributed by atoms with Crippen molar-refractivity contribution < 1.29 is 73.2 Å². The standard InChI is InChI=1S/C40H63N9O15/c1-22(52)43-26(7-2-3-15-41)38(62)47-16-4-8-28(47)31(53)19-23(20-50)35(59)46-27(21-51)39(63)49-18-6-10-30(49)40(64)48-17-5-9-29(48)37(61)45-25(12-14-33(56)57)36(60)44-24(34(42)58)11-13-32(54)55/h23-30,50-51H,2-21,41H2,1H3,(H2,42,58)(H,43,52)(H,44,60)(H,45,61)(H,46,59)(H,54,55)(H,56,57)/t23-,24-,25-,26-,27-,28-,29-,30-/m0/s1. The highest BCUT2D eigenvalue weighted by atomic mass is 16.4. The van der Waals surface area contributed by atoms with E-state index in [9.17, 15) is 68.1 Å². The molecule has 24 nitrogen and oxygen atoms in total. The highest BCUT2D eigenvalue weighted by molar-refractivity contribution is 5.98. The fraction of sp³-hybridized carbons (Fsp3) is 0.725. The second-order valence-corrected chi connectivity index (χ2v) is 16.3. The number of rotatable bonds is 26. The summed E-state index contributed by atoms with van der Waals surface area (Å²) in [5.41, 5.74) is 10.9. The number of carboxylic acid groups (broad SMARTS) is 2. The first-order chi connectivity index (χ1) is 30.3. The molecule has 358 valence electrons. The van der Waals surface area contributed by atoms with Crippen molar-refractivity contribution in [2.24, 2.45) is 17.4 Å². The molecule has 0 radical (unpaired) electrons. The van der Waals surface area contributed by atoms with Crippen molar-refractivity contribution in [1.29, 1.82) is 0 Å². The normalized spacial score (nSPS) is 20.6. The first-order valence-corrected chi connectivity index (χ1v) is 21.6. The SMILES string of the molecule is CC(=O)N[C@@H](CCCCN)C(=O)N1CCC[C@H]1C(=O)C[C@@H](CO)C(=O)N[C@@H](CO)C(=O)N1CCC[C@H]1C(=O)N1CCC[C@H]1C(=O)N[C@@H](CCC(=O)O)C(=O)N[C@@H](CCC(=O)O)C(N)=O. The number of aliphatic hydroxyl groups is 2. The number of unbranched alkanes of at least 4 members (excludes halogenated alkanes) is 1. The predicted molar refractivity (Wildman–Crippen MR) is 221 cm³/mol. The van der Waals surface area contributed by atoms with Crippen LogP contribution in [0.15, 0.2) is 0 Å². The third kappa shape index (κ3) is 14.9. The van der Waals surface area contributed by atoms with Gasteiger partial charge in [0.15, 0.2) is 5.78 Å². The average molecular weight is 910 g/mol. The van der Waals surface area contributed by atoms with Gasteiger partial charge in [0.1, 0.15) is 36.3 Å². The molecule has 3 rings (SSSR count). The summed E-state index contributed by atoms with van der Waals surface area (Å²) in [4.78, 5) is 145. The Morgan fingerprint density at radius 2 is 1.14 bits per heavy atom. The Kier molecular flexibility index (Phi) is 21.0. The van der Waals surface area contributed by atoms with Crippen LogP contribution in [0.2, 0.25) is 0 Å². The minimum atomic E-state index is -1.60. The topological polar surface area (TPSA) is 379 Å². The van der Waals surface area contributed by atoms with E-state index in [0.717, 1.165) is 4.90 Å². The number of primary amides is 1. The van der Waals surface area contributed by atoms with Crippen LogP contribution in [0.4, 0.5) is 0 Å². The molecule has 0 aromatic heterocycles. The van der Waals surface area contributed by atoms with Crippen molar-refractivity contribution in [3.63, 3.8) is 0 Å². The lowest BCUT2D eigenvalue weighted by Crippen LogP contribution is -2.59. The maximum absolute atomic E-state index is 14.1. The molecule has 3 saturated heterocycles. The molecule has 24 heteroatoms. The lowest BCUT2D eigenvalue weighted by atomic mass is 9.96. The molecule has 8 atom stereocenters. The van der Waals surface area contributed by atoms with Crippen molar-refractivity contribution in [2.75, 3.05) is 39.4 Å². The van der Waals surface area contributed by atoms with Gasteiger partial charge in [0, 0.05) is 45.8 Å². The Bertz CT molecular complexity index is 1750. The van der Waals surface area contributed by atoms with Crippen molar-refractivity contribution in [1.82, 2.24) is 36.0 Å². The van der Waals surface area contributed by atoms with E-state index in [1.54, 1.807) is 0 Å². The van der Waals surface area contributed by atoms with Gasteiger partial charge in [-0.25, -0.2) is 0 Å². The Labute approximate surface area is 369 Å². The Balaban J connectivity index is 1.68. The second kappa shape index (κ2) is 25.5. The number of nitrogens with one attached hydrogen (secondary N) is 4. The van der Waals surface area contributed by atoms with E-state index in [1.165, 1.54) is 16.7 Å². The second-order valence-electron chi connectivity index (χ2n) is 16.3. The maximum atomic E-state index is 14.1. The molecule has 8 amide bonds. The van der Waals surface area contributed by atoms with E-state index in [1.807, 2.05) is 0 Å². The monoisotopic (exact) mass is 909 g/mol. The van der Waals surface area contributed by atoms with E-state index in [4.69, 9.17) is 16.6 Å². The van der Waals surface area contributed by atoms with E-state index in [-0.39, 0.29) is 45.3 Å². The van der Waals surface area contributed by atoms with Gasteiger partial charge in [-0.1, -0.05) is 0 Å². The number of nitrogens with zero attached hydrogens (tertiary/aromatic N) is 3. The molecule has 3 heterocycles. The van der Waals surface area contributed by atoms with E-state index in [2.05, 4.69) is 21.3 Å². The van der Waals surface area contributed by atoms with Crippen LogP contribution in [0.25, 0.3) is 0 Å². The van der Waals surface area contributed by atoms with Gasteiger partial charge in [-0.15, -0.1) is 0 Å². The molecule has 0 unspecified atom stereocenters. The third-order valence-corrected chi connectivity index (χ3v) is 11.6. The number of aliphatic carboxylic acids is 2. The van der Waals surface area contributed by atoms with E-state index < -0.39 is 152 Å². The Morgan fingerprint density at radius 1 is 0.609 bits per heavy atom. The minimum absolute atomic E-state index is 0.0335. The van der Waals surface area contributed by atoms with Gasteiger partial charge in [-0.3, -0.25) is 52.7 Å². The largest absolute Gasteiger partial charge is 0.481 e. The predicted octanol–water partition coefficient (Wildman–Crippen LogP) is -4.18. The molecule has 0 aromatic rings. The highest BCUT2D eigenvalue weighted by Crippen LogP contribution is 2.27. The number of ketones is 1. The number of nitrogens with two attached hydrogens (primary N) is 2. The molecule has 12 N–H and O–H groups in total. The number of likely N-dealkylation sites (tertiary alicyclic amines) is 3. The van der Waals surface area contributed by atoms with Crippen molar-refractivity contribution in [3.8, 4) is 0 Å². The van der Waals surface area contributed by atoms with Crippen molar-refractivity contribution in [3.05, 3.63) is 0 Å². The number of Topliss-reactive ketones (excluding diaryl/α,β-unsaturated/α-hetero) is 1. The zero-order chi connectivity index (χ0) is 47.7. The molecular formula is C40H63N9O15. The molecule has 0 aromatic carbocycles. The fourth-order valence-electron chi connectivity index (χ4n) is 8.27. The zero-order valence-corrected chi connectivity index (χ0v) is 36.0. The Morgan fingerprint density at radius 3 is 1.69 bits per heavy atom. The molecule has 0 bridgehead atoms. The van der Waals surface area contributed by atoms with Gasteiger partial charge in [0.25, 0.3) is 0 Å². The number of aliphatic hydroxyl groups excluding tert-OH is 2. The van der Waals surface area contributed by atoms with Gasteiger partial charge in [0.05, 0.1) is 25.2 Å². The fourth-order valence-corrected chi connectivity index (χ4v) is 8.27. The summed E-state index contributed by atoms with van der Waals surface area (Å²) in [7, 11) is 0. The summed E-state index contributed by atoms with van der Waals surface area (Å²) < 4.78 is 0. The zero-order valence-electron chi connectivity index (χ0n) is 36.0. The number of carbonyl (C=O) groups is 11. The van der Waals surface area contributed by atoms with Crippen LogP contribution in [0.1, 0.15) is 96.8 Å². The molecule has 3 aliphatic heterocycles. The average Bonchev–Trinajstić information content (AvgIpc) is 4.05. The van der Waals surface area contributed by atoms with Gasteiger partial charge >= 0.3 is 11.9 Å².